The smallest absolute Gasteiger partial charge is 0.170 e. The molecule has 1 heterocycles. The average Bonchev–Trinajstić information content (AvgIpc) is 2.85. The first-order chi connectivity index (χ1) is 9.61. The van der Waals surface area contributed by atoms with E-state index in [0.717, 1.165) is 11.8 Å². The fraction of sp³-hybridized carbons (Fsp3) is 0.231. The minimum Gasteiger partial charge on any atom is -0.490 e. The first-order valence-electron chi connectivity index (χ1n) is 5.99. The van der Waals surface area contributed by atoms with Crippen molar-refractivity contribution >= 4 is 5.84 Å². The quantitative estimate of drug-likeness (QED) is 0.373. The van der Waals surface area contributed by atoms with Gasteiger partial charge in [-0.05, 0) is 24.3 Å². The molecule has 0 bridgehead atoms. The highest BCUT2D eigenvalue weighted by Crippen LogP contribution is 2.18. The molecular formula is C13H15FN4O2. The molecule has 0 fully saturated rings. The van der Waals surface area contributed by atoms with Gasteiger partial charge in [0.05, 0.1) is 6.61 Å². The molecule has 0 atom stereocenters. The van der Waals surface area contributed by atoms with Crippen molar-refractivity contribution in [3.8, 4) is 5.75 Å². The van der Waals surface area contributed by atoms with Gasteiger partial charge in [-0.15, -0.1) is 0 Å². The molecule has 0 aliphatic rings. The maximum atomic E-state index is 13.8. The lowest BCUT2D eigenvalue weighted by Gasteiger charge is -2.08. The summed E-state index contributed by atoms with van der Waals surface area (Å²) in [7, 11) is 1.84. The molecule has 2 aromatic rings. The second-order valence-corrected chi connectivity index (χ2v) is 4.18. The Morgan fingerprint density at radius 2 is 2.30 bits per heavy atom. The molecule has 0 saturated heterocycles. The molecule has 0 unspecified atom stereocenters. The SMILES string of the molecule is Cn1nccc1CCOc1ccc(/C(N)=N/O)cc1F. The van der Waals surface area contributed by atoms with Crippen molar-refractivity contribution in [2.24, 2.45) is 17.9 Å². The largest absolute Gasteiger partial charge is 0.490 e. The van der Waals surface area contributed by atoms with E-state index in [2.05, 4.69) is 10.3 Å². The van der Waals surface area contributed by atoms with Gasteiger partial charge < -0.3 is 15.7 Å². The molecule has 6 nitrogen and oxygen atoms in total. The van der Waals surface area contributed by atoms with Crippen molar-refractivity contribution in [3.63, 3.8) is 0 Å². The standard InChI is InChI=1S/C13H15FN4O2/c1-18-10(4-6-16-18)5-7-20-12-3-2-9(8-11(12)14)13(15)17-19/h2-4,6,8,19H,5,7H2,1H3,(H2,15,17). The van der Waals surface area contributed by atoms with E-state index in [4.69, 9.17) is 15.7 Å². The second-order valence-electron chi connectivity index (χ2n) is 4.18. The zero-order chi connectivity index (χ0) is 14.5. The maximum Gasteiger partial charge on any atom is 0.170 e. The number of aromatic nitrogens is 2. The van der Waals surface area contributed by atoms with Crippen LogP contribution >= 0.6 is 0 Å². The van der Waals surface area contributed by atoms with Gasteiger partial charge in [0.2, 0.25) is 0 Å². The zero-order valence-electron chi connectivity index (χ0n) is 11.0. The molecule has 0 aliphatic carbocycles. The van der Waals surface area contributed by atoms with Crippen LogP contribution in [0.15, 0.2) is 35.6 Å². The predicted octanol–water partition coefficient (Wildman–Crippen LogP) is 1.28. The van der Waals surface area contributed by atoms with Crippen molar-refractivity contribution < 1.29 is 14.3 Å². The molecule has 0 saturated carbocycles. The lowest BCUT2D eigenvalue weighted by Crippen LogP contribution is -2.13. The second kappa shape index (κ2) is 6.05. The minimum absolute atomic E-state index is 0.127. The fourth-order valence-corrected chi connectivity index (χ4v) is 1.75. The Hall–Kier alpha value is -2.57. The summed E-state index contributed by atoms with van der Waals surface area (Å²) in [4.78, 5) is 0. The zero-order valence-corrected chi connectivity index (χ0v) is 11.0. The molecule has 106 valence electrons. The first-order valence-corrected chi connectivity index (χ1v) is 5.99. The van der Waals surface area contributed by atoms with Crippen molar-refractivity contribution in [1.82, 2.24) is 9.78 Å². The van der Waals surface area contributed by atoms with Crippen LogP contribution < -0.4 is 10.5 Å². The van der Waals surface area contributed by atoms with E-state index in [1.165, 1.54) is 12.1 Å². The predicted molar refractivity (Wildman–Crippen MR) is 71.3 cm³/mol. The third-order valence-electron chi connectivity index (χ3n) is 2.87. The van der Waals surface area contributed by atoms with Crippen LogP contribution in [0.2, 0.25) is 0 Å². The van der Waals surface area contributed by atoms with Gasteiger partial charge in [-0.3, -0.25) is 4.68 Å². The number of nitrogens with zero attached hydrogens (tertiary/aromatic N) is 3. The highest BCUT2D eigenvalue weighted by atomic mass is 19.1. The Bertz CT molecular complexity index is 625. The molecule has 3 N–H and O–H groups in total. The summed E-state index contributed by atoms with van der Waals surface area (Å²) < 4.78 is 20.9. The van der Waals surface area contributed by atoms with Crippen LogP contribution in [0.4, 0.5) is 4.39 Å². The van der Waals surface area contributed by atoms with E-state index >= 15 is 0 Å². The number of hydrogen-bond acceptors (Lipinski definition) is 4. The van der Waals surface area contributed by atoms with E-state index in [0.29, 0.717) is 18.6 Å². The summed E-state index contributed by atoms with van der Waals surface area (Å²) in [6.45, 7) is 0.333. The molecule has 0 aliphatic heterocycles. The first kappa shape index (κ1) is 13.9. The summed E-state index contributed by atoms with van der Waals surface area (Å²) in [5.41, 5.74) is 6.67. The summed E-state index contributed by atoms with van der Waals surface area (Å²) in [5, 5.41) is 15.4. The number of hydrogen-bond donors (Lipinski definition) is 2. The van der Waals surface area contributed by atoms with Crippen LogP contribution in [0, 0.1) is 5.82 Å². The summed E-state index contributed by atoms with van der Waals surface area (Å²) in [5.74, 6) is -0.578. The number of amidine groups is 1. The van der Waals surface area contributed by atoms with Crippen molar-refractivity contribution in [3.05, 3.63) is 47.5 Å². The van der Waals surface area contributed by atoms with E-state index in [1.807, 2.05) is 13.1 Å². The molecule has 20 heavy (non-hydrogen) atoms. The molecule has 7 heteroatoms. The fourth-order valence-electron chi connectivity index (χ4n) is 1.75. The Labute approximate surface area is 115 Å². The van der Waals surface area contributed by atoms with E-state index in [1.54, 1.807) is 10.9 Å². The topological polar surface area (TPSA) is 85.7 Å². The Morgan fingerprint density at radius 1 is 1.50 bits per heavy atom. The number of nitrogens with two attached hydrogens (primary N) is 1. The van der Waals surface area contributed by atoms with E-state index < -0.39 is 5.82 Å². The number of oxime groups is 1. The van der Waals surface area contributed by atoms with Crippen LogP contribution in [0.3, 0.4) is 0 Å². The number of ether oxygens (including phenoxy) is 1. The lowest BCUT2D eigenvalue weighted by molar-refractivity contribution is 0.302. The Balaban J connectivity index is 1.98. The highest BCUT2D eigenvalue weighted by molar-refractivity contribution is 5.97. The third kappa shape index (κ3) is 3.05. The van der Waals surface area contributed by atoms with Gasteiger partial charge in [0.1, 0.15) is 0 Å². The van der Waals surface area contributed by atoms with Gasteiger partial charge in [0.25, 0.3) is 0 Å². The summed E-state index contributed by atoms with van der Waals surface area (Å²) in [6.07, 6.45) is 2.32. The van der Waals surface area contributed by atoms with Gasteiger partial charge in [0.15, 0.2) is 17.4 Å². The molecule has 1 aromatic heterocycles. The summed E-state index contributed by atoms with van der Waals surface area (Å²) in [6, 6.07) is 6.01. The maximum absolute atomic E-state index is 13.8. The molecule has 0 amide bonds. The van der Waals surface area contributed by atoms with Crippen LogP contribution in [0.25, 0.3) is 0 Å². The third-order valence-corrected chi connectivity index (χ3v) is 2.87. The monoisotopic (exact) mass is 278 g/mol. The van der Waals surface area contributed by atoms with Gasteiger partial charge >= 0.3 is 0 Å². The highest BCUT2D eigenvalue weighted by Gasteiger charge is 2.08. The Kier molecular flexibility index (Phi) is 4.19. The van der Waals surface area contributed by atoms with Crippen molar-refractivity contribution in [2.45, 2.75) is 6.42 Å². The molecule has 0 radical (unpaired) electrons. The van der Waals surface area contributed by atoms with Crippen molar-refractivity contribution in [2.75, 3.05) is 6.61 Å². The minimum atomic E-state index is -0.556. The van der Waals surface area contributed by atoms with E-state index in [9.17, 15) is 4.39 Å². The lowest BCUT2D eigenvalue weighted by atomic mass is 10.2. The van der Waals surface area contributed by atoms with Crippen LogP contribution in [0.5, 0.6) is 5.75 Å². The van der Waals surface area contributed by atoms with Crippen LogP contribution in [-0.4, -0.2) is 27.4 Å². The summed E-state index contributed by atoms with van der Waals surface area (Å²) >= 11 is 0. The van der Waals surface area contributed by atoms with Gasteiger partial charge in [-0.2, -0.15) is 5.10 Å². The molecular weight excluding hydrogens is 263 g/mol. The number of rotatable bonds is 5. The average molecular weight is 278 g/mol. The Morgan fingerprint density at radius 3 is 2.90 bits per heavy atom. The van der Waals surface area contributed by atoms with Crippen LogP contribution in [-0.2, 0) is 13.5 Å². The van der Waals surface area contributed by atoms with Gasteiger partial charge in [-0.25, -0.2) is 4.39 Å². The number of halogens is 1. The van der Waals surface area contributed by atoms with Crippen molar-refractivity contribution in [1.29, 1.82) is 0 Å². The molecule has 0 spiro atoms. The normalized spacial score (nSPS) is 11.6. The van der Waals surface area contributed by atoms with Gasteiger partial charge in [0, 0.05) is 30.9 Å². The van der Waals surface area contributed by atoms with Gasteiger partial charge in [-0.1, -0.05) is 5.16 Å². The van der Waals surface area contributed by atoms with E-state index in [-0.39, 0.29) is 11.6 Å². The molecule has 1 aromatic carbocycles. The number of benzene rings is 1. The van der Waals surface area contributed by atoms with Crippen LogP contribution in [0.1, 0.15) is 11.3 Å². The number of aryl methyl sites for hydroxylation is 1. The molecule has 2 rings (SSSR count).